The number of H-pyrrole nitrogens is 1. The van der Waals surface area contributed by atoms with Gasteiger partial charge in [-0.15, -0.1) is 11.3 Å². The summed E-state index contributed by atoms with van der Waals surface area (Å²) < 4.78 is 1.81. The fourth-order valence-electron chi connectivity index (χ4n) is 3.53. The summed E-state index contributed by atoms with van der Waals surface area (Å²) in [4.78, 5) is 18.9. The molecule has 4 aromatic rings. The number of aromatic amines is 1. The van der Waals surface area contributed by atoms with Crippen molar-refractivity contribution in [3.05, 3.63) is 85.1 Å². The van der Waals surface area contributed by atoms with E-state index in [0.717, 1.165) is 19.5 Å². The molecule has 0 aliphatic rings. The molecule has 1 unspecified atom stereocenters. The van der Waals surface area contributed by atoms with Gasteiger partial charge in [0.25, 0.3) is 5.91 Å². The van der Waals surface area contributed by atoms with E-state index in [0.29, 0.717) is 11.4 Å². The lowest BCUT2D eigenvalue weighted by atomic mass is 9.90. The third-order valence-corrected chi connectivity index (χ3v) is 8.40. The van der Waals surface area contributed by atoms with Crippen molar-refractivity contribution in [3.8, 4) is 0 Å². The lowest BCUT2D eigenvalue weighted by Gasteiger charge is -2.20. The fraction of sp³-hybridized carbons (Fsp3) is 0.174. The first kappa shape index (κ1) is 21.2. The van der Waals surface area contributed by atoms with Crippen LogP contribution < -0.4 is 10.2 Å². The quantitative estimate of drug-likeness (QED) is 0.294. The number of para-hydroxylation sites is 1. The van der Waals surface area contributed by atoms with Crippen molar-refractivity contribution in [2.24, 2.45) is 0 Å². The highest BCUT2D eigenvalue weighted by molar-refractivity contribution is 9.13. The Morgan fingerprint density at radius 1 is 1.13 bits per heavy atom. The van der Waals surface area contributed by atoms with Gasteiger partial charge in [0.2, 0.25) is 0 Å². The topological polar surface area (TPSA) is 48.1 Å². The van der Waals surface area contributed by atoms with Crippen LogP contribution in [0, 0.1) is 0 Å². The fourth-order valence-corrected chi connectivity index (χ4v) is 5.49. The molecule has 2 aromatic carbocycles. The standard InChI is InChI=1S/C23H21Br2N3OS/c1-28(2)15-9-7-14(8-10-15)17(18-13-26-20-6-4-3-5-16(18)20)12-27-23(29)21-11-19(24)22(25)30-21/h3-11,13,17,26H,12H2,1-2H3,(H,27,29). The number of anilines is 1. The molecule has 0 radical (unpaired) electrons. The Morgan fingerprint density at radius 2 is 1.87 bits per heavy atom. The zero-order chi connectivity index (χ0) is 21.3. The van der Waals surface area contributed by atoms with E-state index in [1.165, 1.54) is 27.8 Å². The lowest BCUT2D eigenvalue weighted by Crippen LogP contribution is -2.28. The van der Waals surface area contributed by atoms with Gasteiger partial charge in [-0.05, 0) is 67.3 Å². The summed E-state index contributed by atoms with van der Waals surface area (Å²) in [7, 11) is 4.06. The number of halogens is 2. The first-order valence-corrected chi connectivity index (χ1v) is 11.9. The van der Waals surface area contributed by atoms with E-state index in [1.54, 1.807) is 0 Å². The molecule has 2 heterocycles. The van der Waals surface area contributed by atoms with E-state index in [1.807, 2.05) is 32.3 Å². The van der Waals surface area contributed by atoms with Crippen LogP contribution in [-0.4, -0.2) is 31.5 Å². The second-order valence-corrected chi connectivity index (χ2v) is 10.5. The summed E-state index contributed by atoms with van der Waals surface area (Å²) in [5.41, 5.74) is 4.59. The maximum Gasteiger partial charge on any atom is 0.261 e. The van der Waals surface area contributed by atoms with Gasteiger partial charge in [0.1, 0.15) is 0 Å². The number of fused-ring (bicyclic) bond motifs is 1. The molecule has 4 rings (SSSR count). The summed E-state index contributed by atoms with van der Waals surface area (Å²) in [5.74, 6) is -0.0330. The maximum absolute atomic E-state index is 12.8. The molecule has 0 bridgehead atoms. The minimum absolute atomic E-state index is 0.0353. The van der Waals surface area contributed by atoms with Crippen molar-refractivity contribution in [2.45, 2.75) is 5.92 Å². The average Bonchev–Trinajstić information content (AvgIpc) is 3.32. The van der Waals surface area contributed by atoms with Crippen LogP contribution in [0.5, 0.6) is 0 Å². The zero-order valence-corrected chi connectivity index (χ0v) is 20.6. The number of amides is 1. The second kappa shape index (κ2) is 8.96. The van der Waals surface area contributed by atoms with Crippen LogP contribution in [0.1, 0.15) is 26.7 Å². The summed E-state index contributed by atoms with van der Waals surface area (Å²) >= 11 is 8.34. The minimum Gasteiger partial charge on any atom is -0.378 e. The molecule has 154 valence electrons. The smallest absolute Gasteiger partial charge is 0.261 e. The minimum atomic E-state index is -0.0684. The van der Waals surface area contributed by atoms with Gasteiger partial charge in [-0.3, -0.25) is 4.79 Å². The van der Waals surface area contributed by atoms with E-state index in [2.05, 4.69) is 89.7 Å². The third kappa shape index (κ3) is 4.33. The van der Waals surface area contributed by atoms with Crippen molar-refractivity contribution in [3.63, 3.8) is 0 Å². The van der Waals surface area contributed by atoms with Gasteiger partial charge < -0.3 is 15.2 Å². The van der Waals surface area contributed by atoms with Crippen molar-refractivity contribution >= 4 is 65.7 Å². The van der Waals surface area contributed by atoms with Crippen molar-refractivity contribution in [1.82, 2.24) is 10.3 Å². The number of carbonyl (C=O) groups excluding carboxylic acids is 1. The Bertz CT molecular complexity index is 1160. The lowest BCUT2D eigenvalue weighted by molar-refractivity contribution is 0.0956. The van der Waals surface area contributed by atoms with Crippen LogP contribution in [0.2, 0.25) is 0 Å². The Kier molecular flexibility index (Phi) is 6.32. The molecular weight excluding hydrogens is 526 g/mol. The molecule has 0 aliphatic carbocycles. The van der Waals surface area contributed by atoms with E-state index >= 15 is 0 Å². The summed E-state index contributed by atoms with van der Waals surface area (Å²) in [6.07, 6.45) is 2.06. The molecule has 1 atom stereocenters. The molecule has 0 aliphatic heterocycles. The van der Waals surface area contributed by atoms with Gasteiger partial charge in [-0.25, -0.2) is 0 Å². The number of hydrogen-bond donors (Lipinski definition) is 2. The highest BCUT2D eigenvalue weighted by Gasteiger charge is 2.20. The number of benzene rings is 2. The number of thiophene rings is 1. The van der Waals surface area contributed by atoms with Gasteiger partial charge in [0, 0.05) is 53.8 Å². The number of carbonyl (C=O) groups is 1. The summed E-state index contributed by atoms with van der Waals surface area (Å²) in [6, 6.07) is 18.6. The number of rotatable bonds is 6. The van der Waals surface area contributed by atoms with Crippen LogP contribution in [-0.2, 0) is 0 Å². The Morgan fingerprint density at radius 3 is 2.53 bits per heavy atom. The molecule has 0 fully saturated rings. The predicted molar refractivity (Wildman–Crippen MR) is 133 cm³/mol. The average molecular weight is 547 g/mol. The molecule has 7 heteroatoms. The molecule has 30 heavy (non-hydrogen) atoms. The van der Waals surface area contributed by atoms with Crippen LogP contribution in [0.15, 0.2) is 69.1 Å². The molecule has 0 spiro atoms. The molecule has 1 amide bonds. The number of nitrogens with zero attached hydrogens (tertiary/aromatic N) is 1. The van der Waals surface area contributed by atoms with Crippen molar-refractivity contribution in [1.29, 1.82) is 0 Å². The number of nitrogens with one attached hydrogen (secondary N) is 2. The first-order valence-electron chi connectivity index (χ1n) is 9.50. The highest BCUT2D eigenvalue weighted by atomic mass is 79.9. The van der Waals surface area contributed by atoms with Gasteiger partial charge in [-0.2, -0.15) is 0 Å². The third-order valence-electron chi connectivity index (χ3n) is 5.14. The predicted octanol–water partition coefficient (Wildman–Crippen LogP) is 6.38. The number of aromatic nitrogens is 1. The largest absolute Gasteiger partial charge is 0.378 e. The van der Waals surface area contributed by atoms with E-state index in [4.69, 9.17) is 0 Å². The maximum atomic E-state index is 12.8. The molecule has 4 nitrogen and oxygen atoms in total. The SMILES string of the molecule is CN(C)c1ccc(C(CNC(=O)c2cc(Br)c(Br)s2)c2c[nH]c3ccccc23)cc1. The molecular formula is C23H21Br2N3OS. The highest BCUT2D eigenvalue weighted by Crippen LogP contribution is 2.33. The van der Waals surface area contributed by atoms with Crippen molar-refractivity contribution < 1.29 is 4.79 Å². The Labute approximate surface area is 196 Å². The zero-order valence-electron chi connectivity index (χ0n) is 16.6. The van der Waals surface area contributed by atoms with E-state index in [9.17, 15) is 4.79 Å². The van der Waals surface area contributed by atoms with Crippen LogP contribution in [0.25, 0.3) is 10.9 Å². The first-order chi connectivity index (χ1) is 14.4. The number of hydrogen-bond acceptors (Lipinski definition) is 3. The monoisotopic (exact) mass is 545 g/mol. The van der Waals surface area contributed by atoms with Gasteiger partial charge in [-0.1, -0.05) is 30.3 Å². The van der Waals surface area contributed by atoms with Crippen LogP contribution in [0.4, 0.5) is 5.69 Å². The molecule has 2 aromatic heterocycles. The van der Waals surface area contributed by atoms with Gasteiger partial charge >= 0.3 is 0 Å². The van der Waals surface area contributed by atoms with Crippen LogP contribution in [0.3, 0.4) is 0 Å². The van der Waals surface area contributed by atoms with E-state index in [-0.39, 0.29) is 11.8 Å². The Hall–Kier alpha value is -2.09. The van der Waals surface area contributed by atoms with Gasteiger partial charge in [0.05, 0.1) is 8.66 Å². The van der Waals surface area contributed by atoms with Crippen LogP contribution >= 0.6 is 43.2 Å². The second-order valence-electron chi connectivity index (χ2n) is 7.27. The normalized spacial score (nSPS) is 12.1. The Balaban J connectivity index is 1.65. The molecule has 0 saturated heterocycles. The van der Waals surface area contributed by atoms with E-state index < -0.39 is 0 Å². The van der Waals surface area contributed by atoms with Crippen molar-refractivity contribution in [2.75, 3.05) is 25.5 Å². The summed E-state index contributed by atoms with van der Waals surface area (Å²) in [5, 5.41) is 4.31. The van der Waals surface area contributed by atoms with Gasteiger partial charge in [0.15, 0.2) is 0 Å². The molecule has 2 N–H and O–H groups in total. The molecule has 0 saturated carbocycles. The summed E-state index contributed by atoms with van der Waals surface area (Å²) in [6.45, 7) is 0.509.